The van der Waals surface area contributed by atoms with Gasteiger partial charge in [-0.3, -0.25) is 10.4 Å². The molecule has 0 radical (unpaired) electrons. The van der Waals surface area contributed by atoms with E-state index in [1.54, 1.807) is 12.4 Å². The summed E-state index contributed by atoms with van der Waals surface area (Å²) in [5, 5.41) is 8.83. The average molecular weight is 435 g/mol. The largest absolute Gasteiger partial charge is 0.335 e. The Balaban J connectivity index is 1.65. The second-order valence-electron chi connectivity index (χ2n) is 8.87. The minimum Gasteiger partial charge on any atom is -0.335 e. The van der Waals surface area contributed by atoms with Crippen molar-refractivity contribution in [1.29, 1.82) is 5.41 Å². The first kappa shape index (κ1) is 22.4. The van der Waals surface area contributed by atoms with E-state index in [9.17, 15) is 0 Å². The number of rotatable bonds is 7. The normalized spacial score (nSPS) is 18.6. The molecule has 4 nitrogen and oxygen atoms in total. The molecule has 3 aromatic rings. The standard InChI is InChI=1S/C29H30N4/c1-5-21(18-29(4)13-8-7-9-14-29)16-22(6-2)23-11-10-20(3)24(17-23)27(30)28-32-25-12-15-31-19-26(25)33-28/h5-13,15-17,19,30H,1,14,18H2,2-4H3,(H,32,33)/b21-16+,22-6+,30-27?. The van der Waals surface area contributed by atoms with E-state index in [-0.39, 0.29) is 5.41 Å². The van der Waals surface area contributed by atoms with Crippen molar-refractivity contribution in [2.75, 3.05) is 0 Å². The molecule has 0 amide bonds. The van der Waals surface area contributed by atoms with Crippen molar-refractivity contribution < 1.29 is 0 Å². The van der Waals surface area contributed by atoms with E-state index in [1.165, 1.54) is 5.57 Å². The van der Waals surface area contributed by atoms with E-state index < -0.39 is 0 Å². The molecule has 0 saturated carbocycles. The zero-order valence-corrected chi connectivity index (χ0v) is 19.5. The minimum atomic E-state index is 0.102. The predicted molar refractivity (Wildman–Crippen MR) is 139 cm³/mol. The van der Waals surface area contributed by atoms with Crippen molar-refractivity contribution in [3.05, 3.63) is 114 Å². The van der Waals surface area contributed by atoms with Gasteiger partial charge in [0.05, 0.1) is 17.2 Å². The van der Waals surface area contributed by atoms with Crippen LogP contribution < -0.4 is 0 Å². The van der Waals surface area contributed by atoms with Crippen LogP contribution in [-0.2, 0) is 0 Å². The predicted octanol–water partition coefficient (Wildman–Crippen LogP) is 7.11. The highest BCUT2D eigenvalue weighted by molar-refractivity contribution is 6.11. The number of aromatic amines is 1. The monoisotopic (exact) mass is 434 g/mol. The minimum absolute atomic E-state index is 0.102. The van der Waals surface area contributed by atoms with Crippen LogP contribution in [0.4, 0.5) is 0 Å². The molecule has 0 fully saturated rings. The molecular weight excluding hydrogens is 404 g/mol. The fourth-order valence-electron chi connectivity index (χ4n) is 4.26. The Morgan fingerprint density at radius 1 is 1.27 bits per heavy atom. The van der Waals surface area contributed by atoms with Gasteiger partial charge in [0.2, 0.25) is 0 Å². The van der Waals surface area contributed by atoms with Crippen LogP contribution >= 0.6 is 0 Å². The summed E-state index contributed by atoms with van der Waals surface area (Å²) in [5.41, 5.74) is 7.41. The molecule has 4 rings (SSSR count). The van der Waals surface area contributed by atoms with Crippen LogP contribution in [0.1, 0.15) is 49.2 Å². The van der Waals surface area contributed by atoms with Crippen LogP contribution in [-0.4, -0.2) is 20.7 Å². The number of fused-ring (bicyclic) bond motifs is 1. The molecule has 0 bridgehead atoms. The Hall–Kier alpha value is -3.79. The van der Waals surface area contributed by atoms with Gasteiger partial charge in [-0.25, -0.2) is 4.98 Å². The molecular formula is C29H30N4. The summed E-state index contributed by atoms with van der Waals surface area (Å²) < 4.78 is 0. The second kappa shape index (κ2) is 9.37. The molecule has 1 aliphatic rings. The van der Waals surface area contributed by atoms with Gasteiger partial charge in [0.15, 0.2) is 5.82 Å². The van der Waals surface area contributed by atoms with Gasteiger partial charge in [-0.2, -0.15) is 0 Å². The van der Waals surface area contributed by atoms with Gasteiger partial charge in [0, 0.05) is 11.8 Å². The van der Waals surface area contributed by atoms with Crippen molar-refractivity contribution in [3.63, 3.8) is 0 Å². The quantitative estimate of drug-likeness (QED) is 0.307. The molecule has 2 aromatic heterocycles. The lowest BCUT2D eigenvalue weighted by Crippen LogP contribution is -2.14. The molecule has 2 N–H and O–H groups in total. The molecule has 33 heavy (non-hydrogen) atoms. The maximum atomic E-state index is 8.83. The van der Waals surface area contributed by atoms with Gasteiger partial charge >= 0.3 is 0 Å². The number of nitrogens with one attached hydrogen (secondary N) is 2. The van der Waals surface area contributed by atoms with Gasteiger partial charge in [-0.15, -0.1) is 0 Å². The molecule has 4 heteroatoms. The average Bonchev–Trinajstić information content (AvgIpc) is 3.26. The molecule has 166 valence electrons. The molecule has 0 spiro atoms. The Morgan fingerprint density at radius 2 is 2.12 bits per heavy atom. The summed E-state index contributed by atoms with van der Waals surface area (Å²) in [6.45, 7) is 10.4. The Bertz CT molecular complexity index is 1300. The number of hydrogen-bond acceptors (Lipinski definition) is 3. The summed E-state index contributed by atoms with van der Waals surface area (Å²) in [6.07, 6.45) is 20.4. The first-order valence-corrected chi connectivity index (χ1v) is 11.3. The Morgan fingerprint density at radius 3 is 2.82 bits per heavy atom. The first-order valence-electron chi connectivity index (χ1n) is 11.3. The van der Waals surface area contributed by atoms with E-state index in [1.807, 2.05) is 19.1 Å². The van der Waals surface area contributed by atoms with E-state index in [4.69, 9.17) is 5.41 Å². The third-order valence-electron chi connectivity index (χ3n) is 6.21. The Labute approximate surface area is 195 Å². The molecule has 1 aliphatic carbocycles. The third kappa shape index (κ3) is 4.85. The number of allylic oxidation sites excluding steroid dienone is 9. The maximum Gasteiger partial charge on any atom is 0.157 e. The van der Waals surface area contributed by atoms with Crippen molar-refractivity contribution >= 4 is 22.3 Å². The number of hydrogen-bond donors (Lipinski definition) is 2. The van der Waals surface area contributed by atoms with Crippen molar-refractivity contribution in [3.8, 4) is 0 Å². The molecule has 0 aliphatic heterocycles. The number of aromatic nitrogens is 3. The van der Waals surface area contributed by atoms with Gasteiger partial charge in [-0.1, -0.05) is 68.2 Å². The lowest BCUT2D eigenvalue weighted by Gasteiger charge is -2.27. The van der Waals surface area contributed by atoms with Crippen molar-refractivity contribution in [2.45, 2.75) is 33.6 Å². The SMILES string of the molecule is C=C/C(=C\C(=C/C)c1ccc(C)c(C(=N)c2nc3ccncc3[nH]2)c1)CC1(C)C=CC=CC1. The number of H-pyrrole nitrogens is 1. The number of benzene rings is 1. The van der Waals surface area contributed by atoms with Gasteiger partial charge < -0.3 is 4.98 Å². The number of nitrogens with zero attached hydrogens (tertiary/aromatic N) is 2. The summed E-state index contributed by atoms with van der Waals surface area (Å²) in [6, 6.07) is 8.13. The van der Waals surface area contributed by atoms with Crippen LogP contribution in [0.3, 0.4) is 0 Å². The zero-order chi connectivity index (χ0) is 23.4. The van der Waals surface area contributed by atoms with Crippen LogP contribution in [0, 0.1) is 17.7 Å². The molecule has 0 saturated heterocycles. The lowest BCUT2D eigenvalue weighted by molar-refractivity contribution is 0.429. The van der Waals surface area contributed by atoms with Crippen LogP contribution in [0.5, 0.6) is 0 Å². The third-order valence-corrected chi connectivity index (χ3v) is 6.21. The van der Waals surface area contributed by atoms with E-state index in [0.29, 0.717) is 11.5 Å². The molecule has 2 heterocycles. The summed E-state index contributed by atoms with van der Waals surface area (Å²) >= 11 is 0. The van der Waals surface area contributed by atoms with Crippen LogP contribution in [0.15, 0.2) is 91.3 Å². The highest BCUT2D eigenvalue weighted by Crippen LogP contribution is 2.35. The topological polar surface area (TPSA) is 65.4 Å². The number of aryl methyl sites for hydroxylation is 1. The summed E-state index contributed by atoms with van der Waals surface area (Å²) in [4.78, 5) is 11.9. The molecule has 1 unspecified atom stereocenters. The number of pyridine rings is 1. The fourth-order valence-corrected chi connectivity index (χ4v) is 4.26. The molecule has 1 aromatic carbocycles. The highest BCUT2D eigenvalue weighted by Gasteiger charge is 2.22. The van der Waals surface area contributed by atoms with Gasteiger partial charge in [0.1, 0.15) is 5.71 Å². The van der Waals surface area contributed by atoms with E-state index in [0.717, 1.165) is 46.1 Å². The lowest BCUT2D eigenvalue weighted by atomic mass is 9.78. The van der Waals surface area contributed by atoms with Crippen LogP contribution in [0.2, 0.25) is 0 Å². The maximum absolute atomic E-state index is 8.83. The van der Waals surface area contributed by atoms with Crippen molar-refractivity contribution in [2.24, 2.45) is 5.41 Å². The van der Waals surface area contributed by atoms with Gasteiger partial charge in [0.25, 0.3) is 0 Å². The fraction of sp³-hybridized carbons (Fsp3) is 0.207. The summed E-state index contributed by atoms with van der Waals surface area (Å²) in [7, 11) is 0. The summed E-state index contributed by atoms with van der Waals surface area (Å²) in [5.74, 6) is 0.549. The van der Waals surface area contributed by atoms with E-state index >= 15 is 0 Å². The highest BCUT2D eigenvalue weighted by atomic mass is 14.9. The van der Waals surface area contributed by atoms with E-state index in [2.05, 4.69) is 90.0 Å². The zero-order valence-electron chi connectivity index (χ0n) is 19.5. The van der Waals surface area contributed by atoms with Crippen LogP contribution in [0.25, 0.3) is 16.6 Å². The number of imidazole rings is 1. The molecule has 1 atom stereocenters. The first-order chi connectivity index (χ1) is 15.9. The second-order valence-corrected chi connectivity index (χ2v) is 8.87. The smallest absolute Gasteiger partial charge is 0.157 e. The Kier molecular flexibility index (Phi) is 6.36. The van der Waals surface area contributed by atoms with Gasteiger partial charge in [-0.05, 0) is 66.5 Å². The van der Waals surface area contributed by atoms with Crippen molar-refractivity contribution in [1.82, 2.24) is 15.0 Å².